The standard InChI is InChI=1S/C18H30BrNO4/c1-5-23-15(21)12-11-14(19)16(13-9-7-6-8-10-13)20-17(22)24-18(2,3)4/h11-14,16H,5-10H2,1-4H3,(H,20,22)/b12-11+/t14-,16+/m0/s1. The minimum absolute atomic E-state index is 0.120. The van der Waals surface area contributed by atoms with Crippen molar-refractivity contribution in [2.24, 2.45) is 5.92 Å². The molecule has 1 fully saturated rings. The maximum absolute atomic E-state index is 12.2. The summed E-state index contributed by atoms with van der Waals surface area (Å²) in [6, 6.07) is -0.120. The summed E-state index contributed by atoms with van der Waals surface area (Å²) < 4.78 is 10.3. The fourth-order valence-electron chi connectivity index (χ4n) is 2.87. The Hall–Kier alpha value is -1.04. The van der Waals surface area contributed by atoms with Crippen molar-refractivity contribution in [2.75, 3.05) is 6.61 Å². The molecule has 0 saturated heterocycles. The summed E-state index contributed by atoms with van der Waals surface area (Å²) in [6.07, 6.45) is 8.43. The van der Waals surface area contributed by atoms with E-state index in [4.69, 9.17) is 9.47 Å². The maximum Gasteiger partial charge on any atom is 0.407 e. The quantitative estimate of drug-likeness (QED) is 0.406. The molecule has 6 heteroatoms. The number of nitrogens with one attached hydrogen (secondary N) is 1. The highest BCUT2D eigenvalue weighted by Gasteiger charge is 2.31. The van der Waals surface area contributed by atoms with Crippen molar-refractivity contribution in [3.8, 4) is 0 Å². The molecule has 5 nitrogen and oxygen atoms in total. The topological polar surface area (TPSA) is 64.6 Å². The second-order valence-electron chi connectivity index (χ2n) is 7.13. The summed E-state index contributed by atoms with van der Waals surface area (Å²) in [6.45, 7) is 7.64. The number of hydrogen-bond acceptors (Lipinski definition) is 4. The first-order valence-corrected chi connectivity index (χ1v) is 9.63. The van der Waals surface area contributed by atoms with Gasteiger partial charge in [-0.05, 0) is 46.5 Å². The Morgan fingerprint density at radius 1 is 1.25 bits per heavy atom. The number of esters is 1. The van der Waals surface area contributed by atoms with E-state index in [-0.39, 0.29) is 16.8 Å². The lowest BCUT2D eigenvalue weighted by Crippen LogP contribution is -2.47. The van der Waals surface area contributed by atoms with E-state index in [0.29, 0.717) is 12.5 Å². The van der Waals surface area contributed by atoms with Crippen LogP contribution in [0.25, 0.3) is 0 Å². The van der Waals surface area contributed by atoms with E-state index < -0.39 is 11.7 Å². The molecule has 0 unspecified atom stereocenters. The molecule has 0 aromatic rings. The van der Waals surface area contributed by atoms with Crippen molar-refractivity contribution in [1.82, 2.24) is 5.32 Å². The normalized spacial score (nSPS) is 18.9. The van der Waals surface area contributed by atoms with Crippen molar-refractivity contribution < 1.29 is 19.1 Å². The van der Waals surface area contributed by atoms with Crippen LogP contribution in [0.2, 0.25) is 0 Å². The van der Waals surface area contributed by atoms with Gasteiger partial charge in [0.25, 0.3) is 0 Å². The van der Waals surface area contributed by atoms with E-state index in [1.54, 1.807) is 13.0 Å². The fraction of sp³-hybridized carbons (Fsp3) is 0.778. The number of alkyl halides is 1. The van der Waals surface area contributed by atoms with Gasteiger partial charge >= 0.3 is 12.1 Å². The number of carbonyl (C=O) groups is 2. The molecule has 1 rings (SSSR count). The van der Waals surface area contributed by atoms with Gasteiger partial charge in [0.05, 0.1) is 17.5 Å². The zero-order valence-electron chi connectivity index (χ0n) is 15.1. The van der Waals surface area contributed by atoms with Crippen LogP contribution in [0.5, 0.6) is 0 Å². The third kappa shape index (κ3) is 8.18. The molecule has 138 valence electrons. The first kappa shape index (κ1) is 21.0. The highest BCUT2D eigenvalue weighted by Crippen LogP contribution is 2.30. The third-order valence-corrected chi connectivity index (χ3v) is 4.76. The minimum atomic E-state index is -0.538. The smallest absolute Gasteiger partial charge is 0.407 e. The van der Waals surface area contributed by atoms with Crippen molar-refractivity contribution in [1.29, 1.82) is 0 Å². The molecule has 0 aromatic heterocycles. The van der Waals surface area contributed by atoms with Crippen LogP contribution in [-0.2, 0) is 14.3 Å². The van der Waals surface area contributed by atoms with E-state index in [0.717, 1.165) is 12.8 Å². The SMILES string of the molecule is CCOC(=O)/C=C/[C@H](Br)[C@H](NC(=O)OC(C)(C)C)C1CCCCC1. The Kier molecular flexibility index (Phi) is 8.81. The molecule has 1 saturated carbocycles. The number of ether oxygens (including phenoxy) is 2. The summed E-state index contributed by atoms with van der Waals surface area (Å²) in [4.78, 5) is 23.5. The second kappa shape index (κ2) is 10.1. The largest absolute Gasteiger partial charge is 0.463 e. The predicted octanol–water partition coefficient (Wildman–Crippen LogP) is 4.34. The van der Waals surface area contributed by atoms with Crippen LogP contribution in [0.15, 0.2) is 12.2 Å². The van der Waals surface area contributed by atoms with Gasteiger partial charge in [-0.15, -0.1) is 0 Å². The van der Waals surface area contributed by atoms with E-state index in [2.05, 4.69) is 21.2 Å². The number of alkyl carbamates (subject to hydrolysis) is 1. The maximum atomic E-state index is 12.2. The van der Waals surface area contributed by atoms with Gasteiger partial charge in [-0.3, -0.25) is 0 Å². The Labute approximate surface area is 153 Å². The van der Waals surface area contributed by atoms with Crippen molar-refractivity contribution in [3.05, 3.63) is 12.2 Å². The van der Waals surface area contributed by atoms with Gasteiger partial charge in [0.2, 0.25) is 0 Å². The highest BCUT2D eigenvalue weighted by molar-refractivity contribution is 9.09. The Morgan fingerprint density at radius 3 is 2.42 bits per heavy atom. The Balaban J connectivity index is 2.76. The zero-order chi connectivity index (χ0) is 18.2. The number of amides is 1. The van der Waals surface area contributed by atoms with Crippen molar-refractivity contribution >= 4 is 28.0 Å². The lowest BCUT2D eigenvalue weighted by Gasteiger charge is -2.33. The summed E-state index contributed by atoms with van der Waals surface area (Å²) >= 11 is 3.60. The zero-order valence-corrected chi connectivity index (χ0v) is 16.7. The van der Waals surface area contributed by atoms with Crippen LogP contribution in [0.4, 0.5) is 4.79 Å². The predicted molar refractivity (Wildman–Crippen MR) is 98.2 cm³/mol. The van der Waals surface area contributed by atoms with Gasteiger partial charge in [-0.25, -0.2) is 9.59 Å². The lowest BCUT2D eigenvalue weighted by molar-refractivity contribution is -0.137. The molecule has 0 radical (unpaired) electrons. The molecule has 1 N–H and O–H groups in total. The van der Waals surface area contributed by atoms with E-state index in [9.17, 15) is 9.59 Å². The Morgan fingerprint density at radius 2 is 1.88 bits per heavy atom. The molecular formula is C18H30BrNO4. The van der Waals surface area contributed by atoms with Crippen molar-refractivity contribution in [3.63, 3.8) is 0 Å². The van der Waals surface area contributed by atoms with E-state index in [1.165, 1.54) is 25.3 Å². The van der Waals surface area contributed by atoms with Gasteiger partial charge < -0.3 is 14.8 Å². The monoisotopic (exact) mass is 403 g/mol. The molecule has 0 spiro atoms. The molecule has 24 heavy (non-hydrogen) atoms. The van der Waals surface area contributed by atoms with Crippen LogP contribution in [0.1, 0.15) is 59.8 Å². The second-order valence-corrected chi connectivity index (χ2v) is 8.18. The molecule has 0 bridgehead atoms. The number of carbonyl (C=O) groups excluding carboxylic acids is 2. The molecule has 0 aromatic carbocycles. The van der Waals surface area contributed by atoms with E-state index >= 15 is 0 Å². The lowest BCUT2D eigenvalue weighted by atomic mass is 9.82. The molecule has 1 amide bonds. The summed E-state index contributed by atoms with van der Waals surface area (Å²) in [5.74, 6) is -0.0101. The van der Waals surface area contributed by atoms with Crippen LogP contribution in [0.3, 0.4) is 0 Å². The summed E-state index contributed by atoms with van der Waals surface area (Å²) in [5, 5.41) is 2.99. The first-order chi connectivity index (χ1) is 11.2. The minimum Gasteiger partial charge on any atom is -0.463 e. The first-order valence-electron chi connectivity index (χ1n) is 8.71. The average Bonchev–Trinajstić information content (AvgIpc) is 2.50. The Bertz CT molecular complexity index is 439. The van der Waals surface area contributed by atoms with E-state index in [1.807, 2.05) is 20.8 Å². The highest BCUT2D eigenvalue weighted by atomic mass is 79.9. The fourth-order valence-corrected chi connectivity index (χ4v) is 3.59. The molecule has 0 heterocycles. The molecular weight excluding hydrogens is 374 g/mol. The number of rotatable bonds is 6. The van der Waals surface area contributed by atoms with Crippen LogP contribution in [-0.4, -0.2) is 35.1 Å². The van der Waals surface area contributed by atoms with Gasteiger partial charge in [0.15, 0.2) is 0 Å². The van der Waals surface area contributed by atoms with Crippen LogP contribution < -0.4 is 5.32 Å². The van der Waals surface area contributed by atoms with Gasteiger partial charge in [0.1, 0.15) is 5.60 Å². The molecule has 1 aliphatic carbocycles. The van der Waals surface area contributed by atoms with Gasteiger partial charge in [-0.1, -0.05) is 41.3 Å². The molecule has 2 atom stereocenters. The van der Waals surface area contributed by atoms with Crippen molar-refractivity contribution in [2.45, 2.75) is 76.3 Å². The van der Waals surface area contributed by atoms with Crippen LogP contribution in [0, 0.1) is 5.92 Å². The molecule has 1 aliphatic rings. The van der Waals surface area contributed by atoms with Gasteiger partial charge in [0, 0.05) is 6.08 Å². The van der Waals surface area contributed by atoms with Gasteiger partial charge in [-0.2, -0.15) is 0 Å². The van der Waals surface area contributed by atoms with Crippen LogP contribution >= 0.6 is 15.9 Å². The summed E-state index contributed by atoms with van der Waals surface area (Å²) in [5.41, 5.74) is -0.538. The molecule has 0 aliphatic heterocycles. The number of hydrogen-bond donors (Lipinski definition) is 1. The average molecular weight is 404 g/mol. The summed E-state index contributed by atoms with van der Waals surface area (Å²) in [7, 11) is 0. The number of halogens is 1. The third-order valence-electron chi connectivity index (χ3n) is 3.89.